The molecule has 0 bridgehead atoms. The second-order valence-electron chi connectivity index (χ2n) is 5.64. The van der Waals surface area contributed by atoms with Crippen LogP contribution < -0.4 is 15.2 Å². The minimum absolute atomic E-state index is 0.0644. The van der Waals surface area contributed by atoms with E-state index >= 15 is 0 Å². The average Bonchev–Trinajstić information content (AvgIpc) is 3.31. The Bertz CT molecular complexity index is 445. The van der Waals surface area contributed by atoms with Crippen molar-refractivity contribution in [3.05, 3.63) is 23.8 Å². The first kappa shape index (κ1) is 15.1. The van der Waals surface area contributed by atoms with Gasteiger partial charge in [-0.3, -0.25) is 0 Å². The molecule has 112 valence electrons. The quantitative estimate of drug-likeness (QED) is 0.802. The number of benzene rings is 1. The molecule has 1 aromatic carbocycles. The van der Waals surface area contributed by atoms with Crippen LogP contribution in [0, 0.1) is 11.8 Å². The van der Waals surface area contributed by atoms with Crippen LogP contribution in [0.4, 0.5) is 0 Å². The van der Waals surface area contributed by atoms with E-state index in [1.165, 1.54) is 12.8 Å². The Hall–Kier alpha value is -1.26. The molecule has 3 atom stereocenters. The van der Waals surface area contributed by atoms with Gasteiger partial charge in [-0.25, -0.2) is 0 Å². The number of aliphatic hydroxyl groups excluding tert-OH is 1. The van der Waals surface area contributed by atoms with Gasteiger partial charge in [0.25, 0.3) is 0 Å². The third kappa shape index (κ3) is 3.07. The molecule has 4 heteroatoms. The van der Waals surface area contributed by atoms with E-state index in [4.69, 9.17) is 15.2 Å². The zero-order valence-corrected chi connectivity index (χ0v) is 12.5. The summed E-state index contributed by atoms with van der Waals surface area (Å²) in [5.74, 6) is 2.24. The Morgan fingerprint density at radius 1 is 1.25 bits per heavy atom. The Balaban J connectivity index is 2.21. The van der Waals surface area contributed by atoms with Crippen molar-refractivity contribution in [2.24, 2.45) is 17.6 Å². The summed E-state index contributed by atoms with van der Waals surface area (Å²) in [6, 6.07) is 5.74. The molecule has 2 rings (SSSR count). The summed E-state index contributed by atoms with van der Waals surface area (Å²) in [5.41, 5.74) is 6.90. The van der Waals surface area contributed by atoms with Crippen LogP contribution in [0.5, 0.6) is 11.5 Å². The predicted molar refractivity (Wildman–Crippen MR) is 79.2 cm³/mol. The first-order valence-electron chi connectivity index (χ1n) is 7.22. The lowest BCUT2D eigenvalue weighted by molar-refractivity contribution is 0.0800. The van der Waals surface area contributed by atoms with Crippen molar-refractivity contribution >= 4 is 0 Å². The van der Waals surface area contributed by atoms with Gasteiger partial charge in [-0.2, -0.15) is 0 Å². The zero-order valence-electron chi connectivity index (χ0n) is 12.5. The molecule has 0 aromatic heterocycles. The summed E-state index contributed by atoms with van der Waals surface area (Å²) < 4.78 is 10.6. The molecule has 0 spiro atoms. The summed E-state index contributed by atoms with van der Waals surface area (Å²) in [7, 11) is 3.23. The topological polar surface area (TPSA) is 64.7 Å². The molecule has 20 heavy (non-hydrogen) atoms. The van der Waals surface area contributed by atoms with Crippen LogP contribution >= 0.6 is 0 Å². The summed E-state index contributed by atoms with van der Waals surface area (Å²) >= 11 is 0. The molecule has 3 N–H and O–H groups in total. The normalized spacial score (nSPS) is 19.2. The number of nitrogens with two attached hydrogens (primary N) is 1. The van der Waals surface area contributed by atoms with Crippen LogP contribution in [0.2, 0.25) is 0 Å². The lowest BCUT2D eigenvalue weighted by Gasteiger charge is -2.27. The van der Waals surface area contributed by atoms with E-state index in [1.54, 1.807) is 14.2 Å². The van der Waals surface area contributed by atoms with Gasteiger partial charge < -0.3 is 20.3 Å². The molecule has 0 heterocycles. The van der Waals surface area contributed by atoms with Crippen LogP contribution in [0.25, 0.3) is 0 Å². The van der Waals surface area contributed by atoms with E-state index in [2.05, 4.69) is 6.92 Å². The van der Waals surface area contributed by atoms with Crippen molar-refractivity contribution in [1.82, 2.24) is 0 Å². The molecule has 1 saturated carbocycles. The largest absolute Gasteiger partial charge is 0.493 e. The third-order valence-corrected chi connectivity index (χ3v) is 4.41. The number of aliphatic hydroxyl groups is 1. The van der Waals surface area contributed by atoms with Crippen molar-refractivity contribution in [2.45, 2.75) is 31.8 Å². The smallest absolute Gasteiger partial charge is 0.160 e. The highest BCUT2D eigenvalue weighted by Crippen LogP contribution is 2.42. The molecule has 0 aliphatic heterocycles. The van der Waals surface area contributed by atoms with Crippen LogP contribution in [0.3, 0.4) is 0 Å². The number of rotatable bonds is 7. The molecule has 1 fully saturated rings. The minimum Gasteiger partial charge on any atom is -0.493 e. The predicted octanol–water partition coefficient (Wildman–Crippen LogP) is 2.15. The van der Waals surface area contributed by atoms with Gasteiger partial charge in [0.2, 0.25) is 0 Å². The SMILES string of the molecule is COc1ccc(C(CN)C(O)C(C)C2CC2)cc1OC. The van der Waals surface area contributed by atoms with E-state index in [0.29, 0.717) is 24.0 Å². The van der Waals surface area contributed by atoms with Gasteiger partial charge in [-0.1, -0.05) is 13.0 Å². The molecule has 0 amide bonds. The fourth-order valence-corrected chi connectivity index (χ4v) is 2.82. The number of hydrogen-bond acceptors (Lipinski definition) is 4. The minimum atomic E-state index is -0.411. The maximum Gasteiger partial charge on any atom is 0.160 e. The van der Waals surface area contributed by atoms with Gasteiger partial charge in [-0.15, -0.1) is 0 Å². The van der Waals surface area contributed by atoms with Crippen LogP contribution in [0.15, 0.2) is 18.2 Å². The number of ether oxygens (including phenoxy) is 2. The lowest BCUT2D eigenvalue weighted by Crippen LogP contribution is -2.32. The Morgan fingerprint density at radius 3 is 2.40 bits per heavy atom. The van der Waals surface area contributed by atoms with Crippen LogP contribution in [-0.2, 0) is 0 Å². The van der Waals surface area contributed by atoms with Gasteiger partial charge >= 0.3 is 0 Å². The molecular weight excluding hydrogens is 254 g/mol. The van der Waals surface area contributed by atoms with Gasteiger partial charge in [-0.05, 0) is 42.4 Å². The van der Waals surface area contributed by atoms with Crippen molar-refractivity contribution in [3.63, 3.8) is 0 Å². The van der Waals surface area contributed by atoms with Gasteiger partial charge in [0, 0.05) is 12.5 Å². The highest BCUT2D eigenvalue weighted by Gasteiger charge is 2.36. The summed E-state index contributed by atoms with van der Waals surface area (Å²) in [6.07, 6.45) is 2.04. The van der Waals surface area contributed by atoms with Crippen LogP contribution in [-0.4, -0.2) is 32.0 Å². The third-order valence-electron chi connectivity index (χ3n) is 4.41. The molecule has 0 saturated heterocycles. The number of hydrogen-bond donors (Lipinski definition) is 2. The van der Waals surface area contributed by atoms with E-state index in [1.807, 2.05) is 18.2 Å². The molecule has 1 aromatic rings. The Labute approximate surface area is 120 Å². The number of methoxy groups -OCH3 is 2. The second-order valence-corrected chi connectivity index (χ2v) is 5.64. The molecule has 3 unspecified atom stereocenters. The maximum atomic E-state index is 10.6. The van der Waals surface area contributed by atoms with Crippen molar-refractivity contribution in [3.8, 4) is 11.5 Å². The van der Waals surface area contributed by atoms with Crippen molar-refractivity contribution < 1.29 is 14.6 Å². The highest BCUT2D eigenvalue weighted by atomic mass is 16.5. The van der Waals surface area contributed by atoms with E-state index < -0.39 is 6.10 Å². The van der Waals surface area contributed by atoms with Gasteiger partial charge in [0.1, 0.15) is 0 Å². The molecular formula is C16H25NO3. The van der Waals surface area contributed by atoms with E-state index in [9.17, 15) is 5.11 Å². The van der Waals surface area contributed by atoms with Gasteiger partial charge in [0.05, 0.1) is 20.3 Å². The lowest BCUT2D eigenvalue weighted by atomic mass is 9.84. The first-order valence-corrected chi connectivity index (χ1v) is 7.22. The first-order chi connectivity index (χ1) is 9.62. The van der Waals surface area contributed by atoms with E-state index in [-0.39, 0.29) is 11.8 Å². The Morgan fingerprint density at radius 2 is 1.90 bits per heavy atom. The standard InChI is InChI=1S/C16H25NO3/c1-10(11-4-5-11)16(18)13(9-17)12-6-7-14(19-2)15(8-12)20-3/h6-8,10-11,13,16,18H,4-5,9,17H2,1-3H3. The monoisotopic (exact) mass is 279 g/mol. The van der Waals surface area contributed by atoms with Crippen molar-refractivity contribution in [2.75, 3.05) is 20.8 Å². The molecule has 0 radical (unpaired) electrons. The van der Waals surface area contributed by atoms with Crippen molar-refractivity contribution in [1.29, 1.82) is 0 Å². The van der Waals surface area contributed by atoms with Gasteiger partial charge in [0.15, 0.2) is 11.5 Å². The molecule has 1 aliphatic carbocycles. The highest BCUT2D eigenvalue weighted by molar-refractivity contribution is 5.44. The fourth-order valence-electron chi connectivity index (χ4n) is 2.82. The van der Waals surface area contributed by atoms with E-state index in [0.717, 1.165) is 5.56 Å². The summed E-state index contributed by atoms with van der Waals surface area (Å²) in [6.45, 7) is 2.54. The summed E-state index contributed by atoms with van der Waals surface area (Å²) in [4.78, 5) is 0. The fraction of sp³-hybridized carbons (Fsp3) is 0.625. The zero-order chi connectivity index (χ0) is 14.7. The maximum absolute atomic E-state index is 10.6. The molecule has 1 aliphatic rings. The summed E-state index contributed by atoms with van der Waals surface area (Å²) in [5, 5.41) is 10.6. The Kier molecular flexibility index (Phi) is 4.89. The molecule has 4 nitrogen and oxygen atoms in total. The average molecular weight is 279 g/mol. The second kappa shape index (κ2) is 6.46. The van der Waals surface area contributed by atoms with Crippen LogP contribution in [0.1, 0.15) is 31.2 Å².